The Morgan fingerprint density at radius 1 is 1.04 bits per heavy atom. The Bertz CT molecular complexity index is 701. The van der Waals surface area contributed by atoms with Gasteiger partial charge in [0.1, 0.15) is 23.0 Å². The zero-order valence-electron chi connectivity index (χ0n) is 17.2. The highest BCUT2D eigenvalue weighted by molar-refractivity contribution is 5.80. The second kappa shape index (κ2) is 9.43. The normalized spacial score (nSPS) is 12.6. The maximum Gasteiger partial charge on any atom is 0.408 e. The maximum absolute atomic E-state index is 11.8. The van der Waals surface area contributed by atoms with E-state index in [2.05, 4.69) is 5.32 Å². The first kappa shape index (κ1) is 23.3. The molecular formula is C20H29NO7. The van der Waals surface area contributed by atoms with E-state index >= 15 is 0 Å². The summed E-state index contributed by atoms with van der Waals surface area (Å²) in [6, 6.07) is 5.46. The number of rotatable bonds is 7. The van der Waals surface area contributed by atoms with E-state index in [0.717, 1.165) is 0 Å². The zero-order valence-corrected chi connectivity index (χ0v) is 17.2. The fraction of sp³-hybridized carbons (Fsp3) is 0.550. The van der Waals surface area contributed by atoms with Crippen LogP contribution in [0.3, 0.4) is 0 Å². The van der Waals surface area contributed by atoms with Gasteiger partial charge in [-0.2, -0.15) is 0 Å². The van der Waals surface area contributed by atoms with E-state index < -0.39 is 35.3 Å². The van der Waals surface area contributed by atoms with Crippen LogP contribution in [-0.2, 0) is 25.5 Å². The first-order valence-corrected chi connectivity index (χ1v) is 8.91. The van der Waals surface area contributed by atoms with Crippen LogP contribution in [0.4, 0.5) is 4.79 Å². The van der Waals surface area contributed by atoms with Crippen molar-refractivity contribution < 1.29 is 33.7 Å². The lowest BCUT2D eigenvalue weighted by molar-refractivity contribution is -0.157. The average Bonchev–Trinajstić information content (AvgIpc) is 2.49. The van der Waals surface area contributed by atoms with Crippen LogP contribution in [0.1, 0.15) is 47.1 Å². The van der Waals surface area contributed by atoms with Crippen molar-refractivity contribution >= 4 is 18.0 Å². The molecule has 1 atom stereocenters. The van der Waals surface area contributed by atoms with Gasteiger partial charge in [-0.25, -0.2) is 14.4 Å². The van der Waals surface area contributed by atoms with Crippen molar-refractivity contribution in [1.29, 1.82) is 0 Å². The predicted octanol–water partition coefficient (Wildman–Crippen LogP) is 2.93. The Labute approximate surface area is 165 Å². The minimum Gasteiger partial charge on any atom is -0.482 e. The Morgan fingerprint density at radius 2 is 1.64 bits per heavy atom. The summed E-state index contributed by atoms with van der Waals surface area (Å²) in [5.74, 6) is -1.30. The highest BCUT2D eigenvalue weighted by atomic mass is 16.6. The molecule has 1 aromatic rings. The molecule has 0 aliphatic heterocycles. The number of benzene rings is 1. The first-order chi connectivity index (χ1) is 12.7. The molecule has 0 aliphatic carbocycles. The molecule has 1 amide bonds. The molecule has 156 valence electrons. The molecule has 0 aliphatic rings. The summed E-state index contributed by atoms with van der Waals surface area (Å²) in [6.45, 7) is 10.1. The van der Waals surface area contributed by atoms with Crippen LogP contribution in [0.2, 0.25) is 0 Å². The third kappa shape index (κ3) is 9.80. The standard InChI is InChI=1S/C20H29NO7/c1-19(2,3)27-16(22)12-26-14-9-7-8-13(10-14)11-15(17(23)24)21-18(25)28-20(4,5)6/h7-10,15H,11-12H2,1-6H3,(H,21,25)(H,23,24)/t15-/m0/s1. The Hall–Kier alpha value is -2.77. The van der Waals surface area contributed by atoms with Crippen molar-refractivity contribution in [3.63, 3.8) is 0 Å². The monoisotopic (exact) mass is 395 g/mol. The van der Waals surface area contributed by atoms with Crippen LogP contribution in [0.25, 0.3) is 0 Å². The van der Waals surface area contributed by atoms with Gasteiger partial charge >= 0.3 is 18.0 Å². The van der Waals surface area contributed by atoms with E-state index in [0.29, 0.717) is 11.3 Å². The highest BCUT2D eigenvalue weighted by Gasteiger charge is 2.24. The van der Waals surface area contributed by atoms with Gasteiger partial charge in [0.15, 0.2) is 6.61 Å². The van der Waals surface area contributed by atoms with Gasteiger partial charge in [0.25, 0.3) is 0 Å². The molecular weight excluding hydrogens is 366 g/mol. The molecule has 0 aromatic heterocycles. The van der Waals surface area contributed by atoms with Gasteiger partial charge in [-0.3, -0.25) is 0 Å². The second-order valence-corrected chi connectivity index (χ2v) is 8.26. The number of carbonyl (C=O) groups excluding carboxylic acids is 2. The Balaban J connectivity index is 2.71. The molecule has 0 saturated carbocycles. The summed E-state index contributed by atoms with van der Waals surface area (Å²) in [4.78, 5) is 35.1. The fourth-order valence-electron chi connectivity index (χ4n) is 2.16. The average molecular weight is 395 g/mol. The van der Waals surface area contributed by atoms with Crippen molar-refractivity contribution in [3.8, 4) is 5.75 Å². The van der Waals surface area contributed by atoms with Crippen LogP contribution in [-0.4, -0.2) is 47.0 Å². The van der Waals surface area contributed by atoms with Gasteiger partial charge in [-0.15, -0.1) is 0 Å². The van der Waals surface area contributed by atoms with E-state index in [4.69, 9.17) is 14.2 Å². The Kier molecular flexibility index (Phi) is 7.84. The van der Waals surface area contributed by atoms with Gasteiger partial charge in [-0.05, 0) is 59.2 Å². The van der Waals surface area contributed by atoms with E-state index in [9.17, 15) is 19.5 Å². The molecule has 1 rings (SSSR count). The third-order valence-corrected chi connectivity index (χ3v) is 3.10. The summed E-state index contributed by atoms with van der Waals surface area (Å²) in [5.41, 5.74) is -0.725. The summed E-state index contributed by atoms with van der Waals surface area (Å²) in [7, 11) is 0. The molecule has 2 N–H and O–H groups in total. The van der Waals surface area contributed by atoms with Crippen molar-refractivity contribution in [3.05, 3.63) is 29.8 Å². The number of aliphatic carboxylic acids is 1. The number of esters is 1. The summed E-state index contributed by atoms with van der Waals surface area (Å²) < 4.78 is 15.7. The van der Waals surface area contributed by atoms with Gasteiger partial charge in [0.05, 0.1) is 0 Å². The van der Waals surface area contributed by atoms with Gasteiger partial charge in [0.2, 0.25) is 0 Å². The van der Waals surface area contributed by atoms with E-state index in [1.54, 1.807) is 65.8 Å². The lowest BCUT2D eigenvalue weighted by Crippen LogP contribution is -2.44. The number of nitrogens with one attached hydrogen (secondary N) is 1. The van der Waals surface area contributed by atoms with Crippen molar-refractivity contribution in [2.75, 3.05) is 6.61 Å². The van der Waals surface area contributed by atoms with Crippen molar-refractivity contribution in [1.82, 2.24) is 5.32 Å². The summed E-state index contributed by atoms with van der Waals surface area (Å²) >= 11 is 0. The molecule has 0 unspecified atom stereocenters. The molecule has 0 spiro atoms. The molecule has 1 aromatic carbocycles. The van der Waals surface area contributed by atoms with Crippen LogP contribution >= 0.6 is 0 Å². The van der Waals surface area contributed by atoms with Gasteiger partial charge in [0, 0.05) is 6.42 Å². The first-order valence-electron chi connectivity index (χ1n) is 8.91. The minimum atomic E-state index is -1.19. The van der Waals surface area contributed by atoms with Gasteiger partial charge < -0.3 is 24.6 Å². The predicted molar refractivity (Wildman–Crippen MR) is 102 cm³/mol. The largest absolute Gasteiger partial charge is 0.482 e. The molecule has 0 fully saturated rings. The third-order valence-electron chi connectivity index (χ3n) is 3.10. The summed E-state index contributed by atoms with van der Waals surface area (Å²) in [6.07, 6.45) is -0.782. The number of carboxylic acids is 1. The van der Waals surface area contributed by atoms with Crippen molar-refractivity contribution in [2.45, 2.75) is 65.2 Å². The van der Waals surface area contributed by atoms with E-state index in [-0.39, 0.29) is 13.0 Å². The van der Waals surface area contributed by atoms with Crippen LogP contribution in [0.5, 0.6) is 5.75 Å². The highest BCUT2D eigenvalue weighted by Crippen LogP contribution is 2.16. The minimum absolute atomic E-state index is 0.0260. The smallest absolute Gasteiger partial charge is 0.408 e. The van der Waals surface area contributed by atoms with Gasteiger partial charge in [-0.1, -0.05) is 12.1 Å². The number of hydrogen-bond donors (Lipinski definition) is 2. The van der Waals surface area contributed by atoms with Crippen LogP contribution in [0, 0.1) is 0 Å². The number of carboxylic acid groups (broad SMARTS) is 1. The SMILES string of the molecule is CC(C)(C)OC(=O)COc1cccc(C[C@H](NC(=O)OC(C)(C)C)C(=O)O)c1. The lowest BCUT2D eigenvalue weighted by Gasteiger charge is -2.22. The number of ether oxygens (including phenoxy) is 3. The van der Waals surface area contributed by atoms with Crippen LogP contribution in [0.15, 0.2) is 24.3 Å². The molecule has 0 saturated heterocycles. The molecule has 0 radical (unpaired) electrons. The second-order valence-electron chi connectivity index (χ2n) is 8.26. The number of alkyl carbamates (subject to hydrolysis) is 1. The summed E-state index contributed by atoms with van der Waals surface area (Å²) in [5, 5.41) is 11.7. The van der Waals surface area contributed by atoms with E-state index in [1.807, 2.05) is 0 Å². The fourth-order valence-corrected chi connectivity index (χ4v) is 2.16. The Morgan fingerprint density at radius 3 is 2.18 bits per heavy atom. The molecule has 8 heteroatoms. The van der Waals surface area contributed by atoms with Crippen molar-refractivity contribution in [2.24, 2.45) is 0 Å². The molecule has 28 heavy (non-hydrogen) atoms. The van der Waals surface area contributed by atoms with E-state index in [1.165, 1.54) is 0 Å². The topological polar surface area (TPSA) is 111 Å². The van der Waals surface area contributed by atoms with Crippen LogP contribution < -0.4 is 10.1 Å². The lowest BCUT2D eigenvalue weighted by atomic mass is 10.1. The molecule has 8 nitrogen and oxygen atoms in total. The quantitative estimate of drug-likeness (QED) is 0.683. The number of amides is 1. The maximum atomic E-state index is 11.8. The zero-order chi connectivity index (χ0) is 21.5. The number of hydrogen-bond acceptors (Lipinski definition) is 6. The molecule has 0 heterocycles. The molecule has 0 bridgehead atoms. The number of carbonyl (C=O) groups is 3.